The maximum Gasteiger partial charge on any atom is 0.225 e. The van der Waals surface area contributed by atoms with E-state index in [1.54, 1.807) is 19.1 Å². The molecule has 0 saturated heterocycles. The van der Waals surface area contributed by atoms with Crippen molar-refractivity contribution in [2.45, 2.75) is 45.2 Å². The van der Waals surface area contributed by atoms with Crippen molar-refractivity contribution in [1.82, 2.24) is 15.3 Å². The van der Waals surface area contributed by atoms with Gasteiger partial charge in [0.2, 0.25) is 5.95 Å². The number of rotatable bonds is 7. The van der Waals surface area contributed by atoms with Crippen LogP contribution in [0.15, 0.2) is 36.4 Å². The van der Waals surface area contributed by atoms with Crippen LogP contribution in [0.1, 0.15) is 36.8 Å². The van der Waals surface area contributed by atoms with E-state index in [1.807, 2.05) is 43.3 Å². The van der Waals surface area contributed by atoms with Crippen molar-refractivity contribution in [3.8, 4) is 0 Å². The van der Waals surface area contributed by atoms with Gasteiger partial charge in [-0.15, -0.1) is 0 Å². The monoisotopic (exact) mass is 439 g/mol. The molecule has 170 valence electrons. The molecule has 0 radical (unpaired) electrons. The van der Waals surface area contributed by atoms with E-state index in [2.05, 4.69) is 10.6 Å². The summed E-state index contributed by atoms with van der Waals surface area (Å²) >= 11 is 0. The second-order valence-electron chi connectivity index (χ2n) is 8.94. The quantitative estimate of drug-likeness (QED) is 0.540. The second-order valence-corrected chi connectivity index (χ2v) is 8.94. The Morgan fingerprint density at radius 1 is 0.969 bits per heavy atom. The van der Waals surface area contributed by atoms with Crippen LogP contribution < -0.4 is 15.5 Å². The molecule has 0 amide bonds. The van der Waals surface area contributed by atoms with Gasteiger partial charge >= 0.3 is 0 Å². The molecule has 0 spiro atoms. The average molecular weight is 440 g/mol. The highest BCUT2D eigenvalue weighted by Gasteiger charge is 2.22. The minimum absolute atomic E-state index is 0.338. The lowest BCUT2D eigenvalue weighted by molar-refractivity contribution is 0.323. The summed E-state index contributed by atoms with van der Waals surface area (Å²) in [6.07, 6.45) is 4.22. The number of halogens is 2. The maximum absolute atomic E-state index is 14.0. The zero-order valence-corrected chi connectivity index (χ0v) is 19.0. The van der Waals surface area contributed by atoms with Gasteiger partial charge in [0.15, 0.2) is 11.6 Å². The molecular formula is C25H31F2N5. The van der Waals surface area contributed by atoms with Crippen LogP contribution in [0.2, 0.25) is 0 Å². The summed E-state index contributed by atoms with van der Waals surface area (Å²) in [6.45, 7) is 2.73. The van der Waals surface area contributed by atoms with Crippen LogP contribution in [-0.2, 0) is 6.54 Å². The molecule has 1 fully saturated rings. The smallest absolute Gasteiger partial charge is 0.225 e. The van der Waals surface area contributed by atoms with E-state index in [9.17, 15) is 8.78 Å². The molecule has 5 nitrogen and oxygen atoms in total. The first-order valence-electron chi connectivity index (χ1n) is 11.3. The zero-order chi connectivity index (χ0) is 22.7. The van der Waals surface area contributed by atoms with E-state index in [0.29, 0.717) is 35.6 Å². The Kier molecular flexibility index (Phi) is 6.84. The topological polar surface area (TPSA) is 53.1 Å². The molecule has 1 aromatic heterocycles. The highest BCUT2D eigenvalue weighted by atomic mass is 19.2. The number of nitrogens with one attached hydrogen (secondary N) is 2. The van der Waals surface area contributed by atoms with Gasteiger partial charge in [0, 0.05) is 37.6 Å². The molecule has 0 aliphatic heterocycles. The van der Waals surface area contributed by atoms with Crippen molar-refractivity contribution in [1.29, 1.82) is 0 Å². The van der Waals surface area contributed by atoms with Crippen LogP contribution in [0.25, 0.3) is 10.9 Å². The molecule has 0 bridgehead atoms. The Labute approximate surface area is 188 Å². The van der Waals surface area contributed by atoms with Gasteiger partial charge < -0.3 is 15.5 Å². The van der Waals surface area contributed by atoms with Crippen LogP contribution in [0.4, 0.5) is 20.5 Å². The van der Waals surface area contributed by atoms with Crippen LogP contribution in [0.3, 0.4) is 0 Å². The lowest BCUT2D eigenvalue weighted by Crippen LogP contribution is -2.31. The number of hydrogen-bond acceptors (Lipinski definition) is 5. The molecule has 32 heavy (non-hydrogen) atoms. The molecule has 3 aromatic rings. The number of aromatic nitrogens is 2. The van der Waals surface area contributed by atoms with Gasteiger partial charge in [-0.25, -0.2) is 13.8 Å². The van der Waals surface area contributed by atoms with Crippen LogP contribution >= 0.6 is 0 Å². The predicted molar refractivity (Wildman–Crippen MR) is 126 cm³/mol. The Balaban J connectivity index is 1.29. The van der Waals surface area contributed by atoms with Crippen molar-refractivity contribution >= 4 is 22.7 Å². The minimum Gasteiger partial charge on any atom is -0.362 e. The Bertz CT molecular complexity index is 1080. The molecule has 1 aliphatic rings. The van der Waals surface area contributed by atoms with E-state index in [4.69, 9.17) is 9.97 Å². The maximum atomic E-state index is 14.0. The molecule has 1 heterocycles. The van der Waals surface area contributed by atoms with Crippen molar-refractivity contribution in [3.63, 3.8) is 0 Å². The fourth-order valence-electron chi connectivity index (χ4n) is 4.39. The first-order valence-corrected chi connectivity index (χ1v) is 11.3. The van der Waals surface area contributed by atoms with Gasteiger partial charge in [-0.2, -0.15) is 4.98 Å². The SMILES string of the molecule is Cc1ccc(CNC[C@H]2CC[C@@H](Nc3nc(N(C)C)c4ccccc4n3)CC2)c(F)c1F. The molecule has 7 heteroatoms. The standard InChI is InChI=1S/C25H31F2N5/c1-16-8-11-18(23(27)22(16)26)15-28-14-17-9-12-19(13-10-17)29-25-30-21-7-5-4-6-20(21)24(31-25)32(2)3/h4-8,11,17,19,28H,9-10,12-15H2,1-3H3,(H,29,30,31)/t17-,19+. The van der Waals surface area contributed by atoms with Crippen LogP contribution in [0.5, 0.6) is 0 Å². The molecular weight excluding hydrogens is 408 g/mol. The first kappa shape index (κ1) is 22.4. The normalized spacial score (nSPS) is 18.7. The zero-order valence-electron chi connectivity index (χ0n) is 19.0. The van der Waals surface area contributed by atoms with E-state index >= 15 is 0 Å². The number of fused-ring (bicyclic) bond motifs is 1. The molecule has 1 aliphatic carbocycles. The fraction of sp³-hybridized carbons (Fsp3) is 0.440. The number of benzene rings is 2. The van der Waals surface area contributed by atoms with E-state index in [-0.39, 0.29) is 0 Å². The third-order valence-electron chi connectivity index (χ3n) is 6.29. The summed E-state index contributed by atoms with van der Waals surface area (Å²) in [5.41, 5.74) is 1.66. The molecule has 1 saturated carbocycles. The molecule has 4 rings (SSSR count). The number of para-hydroxylation sites is 1. The van der Waals surface area contributed by atoms with Crippen molar-refractivity contribution in [3.05, 3.63) is 59.2 Å². The van der Waals surface area contributed by atoms with Crippen LogP contribution in [-0.4, -0.2) is 36.6 Å². The number of hydrogen-bond donors (Lipinski definition) is 2. The number of anilines is 2. The van der Waals surface area contributed by atoms with Gasteiger partial charge in [0.05, 0.1) is 5.52 Å². The van der Waals surface area contributed by atoms with Gasteiger partial charge in [-0.05, 0) is 62.8 Å². The molecule has 0 atom stereocenters. The average Bonchev–Trinajstić information content (AvgIpc) is 2.79. The summed E-state index contributed by atoms with van der Waals surface area (Å²) in [5.74, 6) is 0.630. The number of nitrogens with zero attached hydrogens (tertiary/aromatic N) is 3. The highest BCUT2D eigenvalue weighted by Crippen LogP contribution is 2.28. The van der Waals surface area contributed by atoms with Gasteiger partial charge in [0.1, 0.15) is 5.82 Å². The van der Waals surface area contributed by atoms with Crippen molar-refractivity contribution in [2.75, 3.05) is 30.9 Å². The second kappa shape index (κ2) is 9.77. The Morgan fingerprint density at radius 3 is 2.47 bits per heavy atom. The highest BCUT2D eigenvalue weighted by molar-refractivity contribution is 5.90. The van der Waals surface area contributed by atoms with Crippen LogP contribution in [0, 0.1) is 24.5 Å². The lowest BCUT2D eigenvalue weighted by atomic mass is 9.86. The van der Waals surface area contributed by atoms with Crippen molar-refractivity contribution < 1.29 is 8.78 Å². The van der Waals surface area contributed by atoms with Gasteiger partial charge in [-0.3, -0.25) is 0 Å². The summed E-state index contributed by atoms with van der Waals surface area (Å²) in [7, 11) is 3.99. The van der Waals surface area contributed by atoms with Crippen molar-refractivity contribution in [2.24, 2.45) is 5.92 Å². The third-order valence-corrected chi connectivity index (χ3v) is 6.29. The molecule has 0 unspecified atom stereocenters. The van der Waals surface area contributed by atoms with Gasteiger partial charge in [-0.1, -0.05) is 24.3 Å². The molecule has 2 aromatic carbocycles. The summed E-state index contributed by atoms with van der Waals surface area (Å²) < 4.78 is 27.8. The van der Waals surface area contributed by atoms with E-state index in [1.165, 1.54) is 0 Å². The fourth-order valence-corrected chi connectivity index (χ4v) is 4.39. The minimum atomic E-state index is -0.746. The third kappa shape index (κ3) is 4.99. The van der Waals surface area contributed by atoms with Gasteiger partial charge in [0.25, 0.3) is 0 Å². The number of aryl methyl sites for hydroxylation is 1. The largest absolute Gasteiger partial charge is 0.362 e. The first-order chi connectivity index (χ1) is 15.4. The van der Waals surface area contributed by atoms with E-state index in [0.717, 1.165) is 48.9 Å². The lowest BCUT2D eigenvalue weighted by Gasteiger charge is -2.29. The Hall–Kier alpha value is -2.80. The summed E-state index contributed by atoms with van der Waals surface area (Å²) in [6, 6.07) is 11.7. The molecule has 2 N–H and O–H groups in total. The van der Waals surface area contributed by atoms with E-state index < -0.39 is 11.6 Å². The summed E-state index contributed by atoms with van der Waals surface area (Å²) in [4.78, 5) is 11.5. The summed E-state index contributed by atoms with van der Waals surface area (Å²) in [5, 5.41) is 7.88. The predicted octanol–water partition coefficient (Wildman–Crippen LogP) is 5.04. The Morgan fingerprint density at radius 2 is 1.72 bits per heavy atom.